The fraction of sp³-hybridized carbons (Fsp3) is 0.917. The van der Waals surface area contributed by atoms with Crippen LogP contribution in [-0.4, -0.2) is 55.1 Å². The Bertz CT molecular complexity index is 257. The number of hydrogen-bond donors (Lipinski definition) is 1. The molecule has 2 saturated heterocycles. The molecule has 0 saturated carbocycles. The summed E-state index contributed by atoms with van der Waals surface area (Å²) in [5.74, 6) is 0.667. The summed E-state index contributed by atoms with van der Waals surface area (Å²) in [7, 11) is 1.97. The molecule has 2 heterocycles. The number of nitrogens with zero attached hydrogens (tertiary/aromatic N) is 2. The van der Waals surface area contributed by atoms with E-state index in [-0.39, 0.29) is 6.03 Å². The molecule has 2 rings (SSSR count). The molecule has 0 aromatic carbocycles. The molecule has 2 atom stereocenters. The molecule has 0 spiro atoms. The van der Waals surface area contributed by atoms with E-state index in [4.69, 9.17) is 0 Å². The average Bonchev–Trinajstić information content (AvgIpc) is 2.76. The number of amides is 2. The number of likely N-dealkylation sites (N-methyl/N-ethyl adjacent to an activating group) is 1. The second-order valence-electron chi connectivity index (χ2n) is 5.20. The Kier molecular flexibility index (Phi) is 3.69. The van der Waals surface area contributed by atoms with Crippen molar-refractivity contribution in [2.75, 3.05) is 33.2 Å². The smallest absolute Gasteiger partial charge is 0.320 e. The molecule has 0 radical (unpaired) electrons. The minimum absolute atomic E-state index is 0.254. The first kappa shape index (κ1) is 11.7. The second kappa shape index (κ2) is 5.04. The van der Waals surface area contributed by atoms with Gasteiger partial charge in [0.15, 0.2) is 0 Å². The van der Waals surface area contributed by atoms with E-state index in [0.717, 1.165) is 39.0 Å². The Morgan fingerprint density at radius 3 is 2.56 bits per heavy atom. The van der Waals surface area contributed by atoms with Gasteiger partial charge in [0, 0.05) is 32.2 Å². The predicted molar refractivity (Wildman–Crippen MR) is 64.4 cm³/mol. The van der Waals surface area contributed by atoms with Crippen molar-refractivity contribution in [1.29, 1.82) is 0 Å². The SMILES string of the molecule is CNC1CCN(C(=O)N2CCCC(C)C2)C1. The Labute approximate surface area is 98.0 Å². The van der Waals surface area contributed by atoms with E-state index < -0.39 is 0 Å². The van der Waals surface area contributed by atoms with Gasteiger partial charge >= 0.3 is 6.03 Å². The first-order valence-corrected chi connectivity index (χ1v) is 6.42. The Morgan fingerprint density at radius 1 is 1.19 bits per heavy atom. The summed E-state index contributed by atoms with van der Waals surface area (Å²) < 4.78 is 0. The lowest BCUT2D eigenvalue weighted by Crippen LogP contribution is -2.47. The van der Waals surface area contributed by atoms with Gasteiger partial charge in [0.1, 0.15) is 0 Å². The van der Waals surface area contributed by atoms with Crippen molar-refractivity contribution in [2.24, 2.45) is 5.92 Å². The molecule has 4 heteroatoms. The van der Waals surface area contributed by atoms with Crippen LogP contribution >= 0.6 is 0 Å². The molecule has 2 amide bonds. The van der Waals surface area contributed by atoms with Crippen molar-refractivity contribution in [3.63, 3.8) is 0 Å². The van der Waals surface area contributed by atoms with Crippen LogP contribution in [0, 0.1) is 5.92 Å². The van der Waals surface area contributed by atoms with Gasteiger partial charge in [-0.2, -0.15) is 0 Å². The lowest BCUT2D eigenvalue weighted by atomic mass is 10.0. The largest absolute Gasteiger partial charge is 0.324 e. The molecular formula is C12H23N3O. The zero-order valence-electron chi connectivity index (χ0n) is 10.4. The van der Waals surface area contributed by atoms with Crippen LogP contribution in [0.1, 0.15) is 26.2 Å². The molecule has 2 fully saturated rings. The van der Waals surface area contributed by atoms with Crippen LogP contribution in [0.25, 0.3) is 0 Å². The van der Waals surface area contributed by atoms with Crippen LogP contribution in [0.3, 0.4) is 0 Å². The molecule has 92 valence electrons. The van der Waals surface area contributed by atoms with Crippen molar-refractivity contribution in [1.82, 2.24) is 15.1 Å². The third-order valence-electron chi connectivity index (χ3n) is 3.79. The number of hydrogen-bond acceptors (Lipinski definition) is 2. The lowest BCUT2D eigenvalue weighted by Gasteiger charge is -2.34. The van der Waals surface area contributed by atoms with Crippen molar-refractivity contribution >= 4 is 6.03 Å². The van der Waals surface area contributed by atoms with Crippen LogP contribution in [-0.2, 0) is 0 Å². The van der Waals surface area contributed by atoms with Gasteiger partial charge in [0.05, 0.1) is 0 Å². The first-order valence-electron chi connectivity index (χ1n) is 6.42. The van der Waals surface area contributed by atoms with E-state index in [9.17, 15) is 4.79 Å². The Hall–Kier alpha value is -0.770. The summed E-state index contributed by atoms with van der Waals surface area (Å²) in [6.07, 6.45) is 3.52. The third kappa shape index (κ3) is 2.48. The van der Waals surface area contributed by atoms with E-state index in [2.05, 4.69) is 12.2 Å². The number of urea groups is 1. The third-order valence-corrected chi connectivity index (χ3v) is 3.79. The van der Waals surface area contributed by atoms with Gasteiger partial charge in [-0.1, -0.05) is 6.92 Å². The van der Waals surface area contributed by atoms with Crippen LogP contribution in [0.2, 0.25) is 0 Å². The van der Waals surface area contributed by atoms with Crippen molar-refractivity contribution in [2.45, 2.75) is 32.2 Å². The van der Waals surface area contributed by atoms with Crippen LogP contribution in [0.15, 0.2) is 0 Å². The standard InChI is InChI=1S/C12H23N3O/c1-10-4-3-6-14(8-10)12(16)15-7-5-11(9-15)13-2/h10-11,13H,3-9H2,1-2H3. The molecule has 0 aromatic heterocycles. The van der Waals surface area contributed by atoms with Gasteiger partial charge in [-0.25, -0.2) is 4.79 Å². The van der Waals surface area contributed by atoms with Gasteiger partial charge in [-0.15, -0.1) is 0 Å². The Balaban J connectivity index is 1.87. The molecule has 4 nitrogen and oxygen atoms in total. The molecular weight excluding hydrogens is 202 g/mol. The molecule has 2 aliphatic rings. The van der Waals surface area contributed by atoms with Gasteiger partial charge in [0.25, 0.3) is 0 Å². The van der Waals surface area contributed by atoms with Crippen LogP contribution < -0.4 is 5.32 Å². The van der Waals surface area contributed by atoms with Gasteiger partial charge in [-0.05, 0) is 32.2 Å². The molecule has 1 N–H and O–H groups in total. The van der Waals surface area contributed by atoms with Gasteiger partial charge in [0.2, 0.25) is 0 Å². The molecule has 0 bridgehead atoms. The minimum Gasteiger partial charge on any atom is -0.324 e. The van der Waals surface area contributed by atoms with Crippen LogP contribution in [0.4, 0.5) is 4.79 Å². The highest BCUT2D eigenvalue weighted by Gasteiger charge is 2.30. The van der Waals surface area contributed by atoms with Crippen molar-refractivity contribution in [3.8, 4) is 0 Å². The summed E-state index contributed by atoms with van der Waals surface area (Å²) in [5.41, 5.74) is 0. The number of likely N-dealkylation sites (tertiary alicyclic amines) is 2. The molecule has 2 aliphatic heterocycles. The number of rotatable bonds is 1. The number of carbonyl (C=O) groups excluding carboxylic acids is 1. The summed E-state index contributed by atoms with van der Waals surface area (Å²) in [4.78, 5) is 16.3. The molecule has 0 aromatic rings. The molecule has 16 heavy (non-hydrogen) atoms. The zero-order valence-corrected chi connectivity index (χ0v) is 10.4. The lowest BCUT2D eigenvalue weighted by molar-refractivity contribution is 0.138. The van der Waals surface area contributed by atoms with E-state index in [1.54, 1.807) is 0 Å². The quantitative estimate of drug-likeness (QED) is 0.726. The predicted octanol–water partition coefficient (Wildman–Crippen LogP) is 1.13. The summed E-state index contributed by atoms with van der Waals surface area (Å²) in [6, 6.07) is 0.746. The van der Waals surface area contributed by atoms with Crippen molar-refractivity contribution in [3.05, 3.63) is 0 Å². The average molecular weight is 225 g/mol. The second-order valence-corrected chi connectivity index (χ2v) is 5.20. The van der Waals surface area contributed by atoms with Crippen LogP contribution in [0.5, 0.6) is 0 Å². The van der Waals surface area contributed by atoms with E-state index >= 15 is 0 Å². The maximum atomic E-state index is 12.2. The highest BCUT2D eigenvalue weighted by molar-refractivity contribution is 5.75. The minimum atomic E-state index is 0.254. The maximum Gasteiger partial charge on any atom is 0.320 e. The van der Waals surface area contributed by atoms with Crippen molar-refractivity contribution < 1.29 is 4.79 Å². The zero-order chi connectivity index (χ0) is 11.5. The van der Waals surface area contributed by atoms with Gasteiger partial charge < -0.3 is 15.1 Å². The van der Waals surface area contributed by atoms with E-state index in [1.807, 2.05) is 16.8 Å². The summed E-state index contributed by atoms with van der Waals surface area (Å²) in [5, 5.41) is 3.25. The highest BCUT2D eigenvalue weighted by atomic mass is 16.2. The summed E-state index contributed by atoms with van der Waals surface area (Å²) >= 11 is 0. The van der Waals surface area contributed by atoms with E-state index in [0.29, 0.717) is 12.0 Å². The normalized spacial score (nSPS) is 30.9. The molecule has 0 aliphatic carbocycles. The number of carbonyl (C=O) groups is 1. The maximum absolute atomic E-state index is 12.2. The molecule has 2 unspecified atom stereocenters. The number of nitrogens with one attached hydrogen (secondary N) is 1. The first-order chi connectivity index (χ1) is 7.70. The topological polar surface area (TPSA) is 35.6 Å². The summed E-state index contributed by atoms with van der Waals surface area (Å²) in [6.45, 7) is 5.92. The fourth-order valence-corrected chi connectivity index (χ4v) is 2.73. The van der Waals surface area contributed by atoms with E-state index in [1.165, 1.54) is 6.42 Å². The number of piperidine rings is 1. The van der Waals surface area contributed by atoms with Gasteiger partial charge in [-0.3, -0.25) is 0 Å². The monoisotopic (exact) mass is 225 g/mol. The fourth-order valence-electron chi connectivity index (χ4n) is 2.73. The Morgan fingerprint density at radius 2 is 1.94 bits per heavy atom. The highest BCUT2D eigenvalue weighted by Crippen LogP contribution is 2.19.